The van der Waals surface area contributed by atoms with Gasteiger partial charge in [0.15, 0.2) is 28.6 Å². The zero-order valence-corrected chi connectivity index (χ0v) is 24.3. The minimum absolute atomic E-state index is 0.0265. The standard InChI is InChI=1S/C34H37FO8/c1-31-10-9-23(38)13-22(31)7-8-24-25-14-29-34(28(40)17-37,32(25,2)15-27(39)33(24,31)35)43-30(42-29)26-12-21(18-41-26)11-19-3-5-20(16-36)6-4-19/h3-6,9-10,12-13,18,24-25,27,29-30,36-37,39H,7-8,11,14-17H2,1-2H3/t24-,25-,27-,29+,30+,31-,32-,33-,34+/m0/s1. The van der Waals surface area contributed by atoms with Crippen LogP contribution in [0.2, 0.25) is 0 Å². The van der Waals surface area contributed by atoms with Crippen molar-refractivity contribution in [1.29, 1.82) is 0 Å². The second-order valence-electron chi connectivity index (χ2n) is 13.4. The van der Waals surface area contributed by atoms with Gasteiger partial charge < -0.3 is 29.2 Å². The Morgan fingerprint density at radius 2 is 1.84 bits per heavy atom. The van der Waals surface area contributed by atoms with E-state index in [0.717, 1.165) is 16.7 Å². The van der Waals surface area contributed by atoms with Crippen molar-refractivity contribution in [1.82, 2.24) is 0 Å². The molecule has 7 rings (SSSR count). The highest BCUT2D eigenvalue weighted by Gasteiger charge is 2.79. The molecule has 9 atom stereocenters. The molecule has 4 aliphatic carbocycles. The number of Topliss-reactive ketones (excluding diaryl/α,β-unsaturated/α-hetero) is 1. The van der Waals surface area contributed by atoms with E-state index in [1.807, 2.05) is 37.3 Å². The van der Waals surface area contributed by atoms with Gasteiger partial charge in [-0.15, -0.1) is 0 Å². The van der Waals surface area contributed by atoms with Gasteiger partial charge >= 0.3 is 0 Å². The highest BCUT2D eigenvalue weighted by molar-refractivity contribution is 6.01. The topological polar surface area (TPSA) is 126 Å². The molecule has 9 heteroatoms. The first-order chi connectivity index (χ1) is 20.5. The van der Waals surface area contributed by atoms with E-state index in [0.29, 0.717) is 37.0 Å². The molecule has 3 saturated carbocycles. The fourth-order valence-electron chi connectivity index (χ4n) is 9.31. The average molecular weight is 593 g/mol. The number of fused-ring (bicyclic) bond motifs is 7. The van der Waals surface area contributed by atoms with Crippen LogP contribution in [0.5, 0.6) is 0 Å². The molecule has 4 fully saturated rings. The molecule has 1 aromatic carbocycles. The molecule has 5 aliphatic rings. The Bertz CT molecular complexity index is 1530. The number of halogens is 1. The van der Waals surface area contributed by atoms with Crippen molar-refractivity contribution in [3.63, 3.8) is 0 Å². The Morgan fingerprint density at radius 3 is 2.56 bits per heavy atom. The number of aliphatic hydroxyl groups excluding tert-OH is 3. The van der Waals surface area contributed by atoms with Gasteiger partial charge in [0.2, 0.25) is 6.29 Å². The lowest BCUT2D eigenvalue weighted by atomic mass is 9.44. The van der Waals surface area contributed by atoms with Crippen LogP contribution in [0.15, 0.2) is 64.8 Å². The first-order valence-corrected chi connectivity index (χ1v) is 15.0. The Balaban J connectivity index is 1.19. The molecule has 1 saturated heterocycles. The summed E-state index contributed by atoms with van der Waals surface area (Å²) in [5.74, 6) is -1.34. The highest BCUT2D eigenvalue weighted by atomic mass is 19.1. The summed E-state index contributed by atoms with van der Waals surface area (Å²) in [6.45, 7) is 2.81. The number of alkyl halides is 1. The normalized spacial score (nSPS) is 41.3. The molecule has 0 bridgehead atoms. The second kappa shape index (κ2) is 9.78. The van der Waals surface area contributed by atoms with Crippen molar-refractivity contribution in [2.45, 2.75) is 82.3 Å². The van der Waals surface area contributed by atoms with Crippen LogP contribution >= 0.6 is 0 Å². The summed E-state index contributed by atoms with van der Waals surface area (Å²) in [5, 5.41) is 31.1. The van der Waals surface area contributed by atoms with Gasteiger partial charge in [0, 0.05) is 23.2 Å². The van der Waals surface area contributed by atoms with E-state index in [1.54, 1.807) is 19.3 Å². The quantitative estimate of drug-likeness (QED) is 0.459. The van der Waals surface area contributed by atoms with E-state index in [-0.39, 0.29) is 24.7 Å². The summed E-state index contributed by atoms with van der Waals surface area (Å²) in [5.41, 5.74) is -2.41. The summed E-state index contributed by atoms with van der Waals surface area (Å²) in [4.78, 5) is 25.8. The largest absolute Gasteiger partial charge is 0.464 e. The number of aliphatic hydroxyl groups is 3. The predicted octanol–water partition coefficient (Wildman–Crippen LogP) is 4.06. The van der Waals surface area contributed by atoms with E-state index in [2.05, 4.69) is 0 Å². The van der Waals surface area contributed by atoms with Crippen LogP contribution in [-0.2, 0) is 32.1 Å². The first kappa shape index (κ1) is 28.8. The molecule has 3 N–H and O–H groups in total. The predicted molar refractivity (Wildman–Crippen MR) is 151 cm³/mol. The number of benzene rings is 1. The third-order valence-corrected chi connectivity index (χ3v) is 11.5. The molecule has 1 aliphatic heterocycles. The molecule has 2 heterocycles. The molecule has 8 nitrogen and oxygen atoms in total. The van der Waals surface area contributed by atoms with Gasteiger partial charge in [-0.3, -0.25) is 9.59 Å². The van der Waals surface area contributed by atoms with E-state index >= 15 is 4.39 Å². The molecule has 43 heavy (non-hydrogen) atoms. The van der Waals surface area contributed by atoms with Crippen LogP contribution in [0.4, 0.5) is 4.39 Å². The molecule has 228 valence electrons. The zero-order chi connectivity index (χ0) is 30.4. The minimum Gasteiger partial charge on any atom is -0.464 e. The number of ether oxygens (including phenoxy) is 2. The third-order valence-electron chi connectivity index (χ3n) is 11.5. The van der Waals surface area contributed by atoms with Crippen LogP contribution in [0.25, 0.3) is 0 Å². The van der Waals surface area contributed by atoms with Crippen molar-refractivity contribution in [2.75, 3.05) is 6.61 Å². The first-order valence-electron chi connectivity index (χ1n) is 15.0. The SMILES string of the molecule is C[C@]12C=CC(=O)C=C1CC[C@H]1[C@@H]3C[C@H]4O[C@@H](c5cc(Cc6ccc(CO)cc6)co5)O[C@@]4(C(=O)CO)[C@@]3(C)C[C@H](O)[C@@]12F. The Morgan fingerprint density at radius 1 is 1.09 bits per heavy atom. The molecule has 0 amide bonds. The van der Waals surface area contributed by atoms with Gasteiger partial charge in [-0.25, -0.2) is 4.39 Å². The highest BCUT2D eigenvalue weighted by Crippen LogP contribution is 2.72. The van der Waals surface area contributed by atoms with Crippen molar-refractivity contribution < 1.29 is 43.2 Å². The van der Waals surface area contributed by atoms with E-state index in [9.17, 15) is 24.9 Å². The lowest BCUT2D eigenvalue weighted by molar-refractivity contribution is -0.232. The number of ketones is 2. The number of hydrogen-bond donors (Lipinski definition) is 3. The number of carbonyl (C=O) groups excluding carboxylic acids is 2. The van der Waals surface area contributed by atoms with E-state index < -0.39 is 58.9 Å². The number of furan rings is 1. The summed E-state index contributed by atoms with van der Waals surface area (Å²) in [7, 11) is 0. The van der Waals surface area contributed by atoms with Crippen molar-refractivity contribution in [2.24, 2.45) is 22.7 Å². The fraction of sp³-hybridized carbons (Fsp3) is 0.529. The third kappa shape index (κ3) is 3.78. The lowest BCUT2D eigenvalue weighted by Crippen LogP contribution is -2.69. The van der Waals surface area contributed by atoms with Crippen LogP contribution in [0.1, 0.15) is 68.3 Å². The van der Waals surface area contributed by atoms with Crippen molar-refractivity contribution >= 4 is 11.6 Å². The number of rotatable bonds is 6. The van der Waals surface area contributed by atoms with Crippen LogP contribution in [0.3, 0.4) is 0 Å². The van der Waals surface area contributed by atoms with Crippen molar-refractivity contribution in [3.05, 3.63) is 82.8 Å². The molecule has 0 radical (unpaired) electrons. The number of carbonyl (C=O) groups is 2. The summed E-state index contributed by atoms with van der Waals surface area (Å²) in [6.07, 6.45) is 4.63. The lowest BCUT2D eigenvalue weighted by Gasteiger charge is -2.62. The maximum Gasteiger partial charge on any atom is 0.218 e. The molecule has 0 spiro atoms. The van der Waals surface area contributed by atoms with Gasteiger partial charge in [0.05, 0.1) is 25.1 Å². The average Bonchev–Trinajstić information content (AvgIpc) is 3.67. The van der Waals surface area contributed by atoms with Crippen LogP contribution in [0, 0.1) is 22.7 Å². The molecule has 2 aromatic rings. The van der Waals surface area contributed by atoms with Gasteiger partial charge in [-0.05, 0) is 73.4 Å². The second-order valence-corrected chi connectivity index (χ2v) is 13.4. The monoisotopic (exact) mass is 592 g/mol. The molecule has 0 unspecified atom stereocenters. The minimum atomic E-state index is -2.05. The van der Waals surface area contributed by atoms with Crippen molar-refractivity contribution in [3.8, 4) is 0 Å². The Kier molecular flexibility index (Phi) is 6.55. The molecular formula is C34H37FO8. The van der Waals surface area contributed by atoms with E-state index in [4.69, 9.17) is 13.9 Å². The smallest absolute Gasteiger partial charge is 0.218 e. The summed E-state index contributed by atoms with van der Waals surface area (Å²) < 4.78 is 36.3. The molecular weight excluding hydrogens is 555 g/mol. The van der Waals surface area contributed by atoms with Gasteiger partial charge in [-0.2, -0.15) is 0 Å². The van der Waals surface area contributed by atoms with Crippen LogP contribution in [-0.4, -0.2) is 57.0 Å². The van der Waals surface area contributed by atoms with Crippen LogP contribution < -0.4 is 0 Å². The summed E-state index contributed by atoms with van der Waals surface area (Å²) in [6, 6.07) is 9.41. The van der Waals surface area contributed by atoms with Gasteiger partial charge in [0.25, 0.3) is 0 Å². The van der Waals surface area contributed by atoms with Gasteiger partial charge in [-0.1, -0.05) is 42.8 Å². The Hall–Kier alpha value is -2.95. The molecule has 1 aromatic heterocycles. The van der Waals surface area contributed by atoms with Gasteiger partial charge in [0.1, 0.15) is 6.61 Å². The zero-order valence-electron chi connectivity index (χ0n) is 24.3. The maximum atomic E-state index is 17.5. The fourth-order valence-corrected chi connectivity index (χ4v) is 9.31. The Labute approximate surface area is 249 Å². The number of allylic oxidation sites excluding steroid dienone is 4. The maximum absolute atomic E-state index is 17.5. The van der Waals surface area contributed by atoms with E-state index in [1.165, 1.54) is 12.2 Å². The number of hydrogen-bond acceptors (Lipinski definition) is 8. The summed E-state index contributed by atoms with van der Waals surface area (Å²) >= 11 is 0.